The van der Waals surface area contributed by atoms with E-state index >= 15 is 0 Å². The lowest BCUT2D eigenvalue weighted by Crippen LogP contribution is -2.35. The molecule has 0 amide bonds. The van der Waals surface area contributed by atoms with Gasteiger partial charge in [-0.1, -0.05) is 0 Å². The summed E-state index contributed by atoms with van der Waals surface area (Å²) in [6, 6.07) is 0. The van der Waals surface area contributed by atoms with Gasteiger partial charge in [-0.2, -0.15) is 0 Å². The van der Waals surface area contributed by atoms with Crippen molar-refractivity contribution in [1.82, 2.24) is 0 Å². The highest BCUT2D eigenvalue weighted by Gasteiger charge is 2.34. The van der Waals surface area contributed by atoms with Gasteiger partial charge in [0.1, 0.15) is 5.75 Å². The molecule has 0 aromatic carbocycles. The Morgan fingerprint density at radius 3 is 2.40 bits per heavy atom. The van der Waals surface area contributed by atoms with Crippen molar-refractivity contribution < 1.29 is 17.9 Å². The molecule has 1 atom stereocenters. The van der Waals surface area contributed by atoms with Crippen LogP contribution in [-0.4, -0.2) is 37.9 Å². The van der Waals surface area contributed by atoms with E-state index < -0.39 is 14.6 Å². The Morgan fingerprint density at radius 2 is 2.00 bits per heavy atom. The zero-order valence-electron chi connectivity index (χ0n) is 9.45. The standard InChI is InChI=1S/C10H18O4S/c1-10(2,3)15(12,13)7-9(11)8-4-5-14-6-8/h8H,4-7H2,1-3H3. The summed E-state index contributed by atoms with van der Waals surface area (Å²) in [6.07, 6.45) is 0.651. The van der Waals surface area contributed by atoms with Gasteiger partial charge in [0.05, 0.1) is 11.4 Å². The molecule has 1 rings (SSSR count). The van der Waals surface area contributed by atoms with E-state index in [0.717, 1.165) is 0 Å². The molecule has 1 aliphatic heterocycles. The van der Waals surface area contributed by atoms with E-state index in [9.17, 15) is 13.2 Å². The van der Waals surface area contributed by atoms with Gasteiger partial charge in [0.15, 0.2) is 15.6 Å². The number of carbonyl (C=O) groups excluding carboxylic acids is 1. The first-order chi connectivity index (χ1) is 6.74. The normalized spacial score (nSPS) is 23.0. The third kappa shape index (κ3) is 3.01. The van der Waals surface area contributed by atoms with E-state index in [1.165, 1.54) is 0 Å². The molecule has 1 fully saturated rings. The highest BCUT2D eigenvalue weighted by atomic mass is 32.2. The zero-order valence-corrected chi connectivity index (χ0v) is 10.3. The van der Waals surface area contributed by atoms with Crippen LogP contribution >= 0.6 is 0 Å². The molecular weight excluding hydrogens is 216 g/mol. The summed E-state index contributed by atoms with van der Waals surface area (Å²) < 4.78 is 27.7. The summed E-state index contributed by atoms with van der Waals surface area (Å²) in [5.74, 6) is -0.783. The fourth-order valence-corrected chi connectivity index (χ4v) is 2.35. The zero-order chi connectivity index (χ0) is 11.7. The fourth-order valence-electron chi connectivity index (χ4n) is 1.31. The van der Waals surface area contributed by atoms with Crippen molar-refractivity contribution in [3.8, 4) is 0 Å². The van der Waals surface area contributed by atoms with E-state index in [2.05, 4.69) is 0 Å². The van der Waals surface area contributed by atoms with Gasteiger partial charge < -0.3 is 4.74 Å². The van der Waals surface area contributed by atoms with Gasteiger partial charge in [0, 0.05) is 12.5 Å². The van der Waals surface area contributed by atoms with Crippen LogP contribution in [0.3, 0.4) is 0 Å². The van der Waals surface area contributed by atoms with Crippen LogP contribution in [0, 0.1) is 5.92 Å². The fraction of sp³-hybridized carbons (Fsp3) is 0.900. The molecule has 15 heavy (non-hydrogen) atoms. The molecule has 1 aliphatic rings. The predicted octanol–water partition coefficient (Wildman–Crippen LogP) is 0.805. The highest BCUT2D eigenvalue weighted by Crippen LogP contribution is 2.20. The summed E-state index contributed by atoms with van der Waals surface area (Å²) in [5, 5.41) is 0. The van der Waals surface area contributed by atoms with Crippen LogP contribution in [0.25, 0.3) is 0 Å². The van der Waals surface area contributed by atoms with Crippen LogP contribution in [0.15, 0.2) is 0 Å². The number of rotatable bonds is 3. The van der Waals surface area contributed by atoms with Gasteiger partial charge in [-0.05, 0) is 27.2 Å². The lowest BCUT2D eigenvalue weighted by molar-refractivity contribution is -0.120. The summed E-state index contributed by atoms with van der Waals surface area (Å²) in [4.78, 5) is 11.6. The minimum atomic E-state index is -3.34. The van der Waals surface area contributed by atoms with Crippen LogP contribution in [0.1, 0.15) is 27.2 Å². The van der Waals surface area contributed by atoms with Crippen LogP contribution in [0.2, 0.25) is 0 Å². The quantitative estimate of drug-likeness (QED) is 0.725. The minimum Gasteiger partial charge on any atom is -0.381 e. The highest BCUT2D eigenvalue weighted by molar-refractivity contribution is 7.93. The molecule has 0 N–H and O–H groups in total. The Morgan fingerprint density at radius 1 is 1.40 bits per heavy atom. The first-order valence-corrected chi connectivity index (χ1v) is 6.72. The number of ketones is 1. The van der Waals surface area contributed by atoms with E-state index in [1.807, 2.05) is 0 Å². The number of carbonyl (C=O) groups is 1. The molecule has 0 saturated carbocycles. The number of hydrogen-bond donors (Lipinski definition) is 0. The first-order valence-electron chi connectivity index (χ1n) is 5.07. The molecule has 0 aliphatic carbocycles. The van der Waals surface area contributed by atoms with Crippen LogP contribution < -0.4 is 0 Å². The topological polar surface area (TPSA) is 60.4 Å². The number of sulfone groups is 1. The van der Waals surface area contributed by atoms with Crippen molar-refractivity contribution in [3.05, 3.63) is 0 Å². The van der Waals surface area contributed by atoms with Gasteiger partial charge >= 0.3 is 0 Å². The second-order valence-corrected chi connectivity index (χ2v) is 7.64. The Balaban J connectivity index is 2.66. The van der Waals surface area contributed by atoms with Gasteiger partial charge in [-0.15, -0.1) is 0 Å². The average molecular weight is 234 g/mol. The van der Waals surface area contributed by atoms with Crippen LogP contribution in [0.5, 0.6) is 0 Å². The van der Waals surface area contributed by atoms with Gasteiger partial charge in [0.2, 0.25) is 0 Å². The van der Waals surface area contributed by atoms with Crippen molar-refractivity contribution in [2.75, 3.05) is 19.0 Å². The van der Waals surface area contributed by atoms with Crippen molar-refractivity contribution in [2.24, 2.45) is 5.92 Å². The smallest absolute Gasteiger partial charge is 0.162 e. The Kier molecular flexibility index (Phi) is 3.55. The second kappa shape index (κ2) is 4.22. The Labute approximate surface area is 90.9 Å². The maximum absolute atomic E-state index is 11.8. The Hall–Kier alpha value is -0.420. The molecule has 0 radical (unpaired) electrons. The van der Waals surface area contributed by atoms with Crippen LogP contribution in [-0.2, 0) is 19.4 Å². The summed E-state index contributed by atoms with van der Waals surface area (Å²) in [6.45, 7) is 5.77. The maximum atomic E-state index is 11.8. The molecule has 0 spiro atoms. The monoisotopic (exact) mass is 234 g/mol. The minimum absolute atomic E-state index is 0.206. The number of ether oxygens (including phenoxy) is 1. The van der Waals surface area contributed by atoms with Crippen molar-refractivity contribution in [3.63, 3.8) is 0 Å². The molecule has 0 bridgehead atoms. The SMILES string of the molecule is CC(C)(C)S(=O)(=O)CC(=O)C1CCOC1. The average Bonchev–Trinajstić information content (AvgIpc) is 2.51. The molecule has 0 aromatic rings. The molecule has 4 nitrogen and oxygen atoms in total. The summed E-state index contributed by atoms with van der Waals surface area (Å²) in [7, 11) is -3.34. The van der Waals surface area contributed by atoms with E-state index in [1.54, 1.807) is 20.8 Å². The predicted molar refractivity (Wildman–Crippen MR) is 57.5 cm³/mol. The molecular formula is C10H18O4S. The van der Waals surface area contributed by atoms with Crippen molar-refractivity contribution >= 4 is 15.6 Å². The number of hydrogen-bond acceptors (Lipinski definition) is 4. The molecule has 1 heterocycles. The molecule has 1 unspecified atom stereocenters. The third-order valence-electron chi connectivity index (χ3n) is 2.65. The lowest BCUT2D eigenvalue weighted by Gasteiger charge is -2.19. The molecule has 5 heteroatoms. The van der Waals surface area contributed by atoms with Gasteiger partial charge in [-0.3, -0.25) is 4.79 Å². The first kappa shape index (κ1) is 12.6. The van der Waals surface area contributed by atoms with Crippen molar-refractivity contribution in [2.45, 2.75) is 31.9 Å². The third-order valence-corrected chi connectivity index (χ3v) is 5.18. The van der Waals surface area contributed by atoms with E-state index in [0.29, 0.717) is 19.6 Å². The number of Topliss-reactive ketones (excluding diaryl/α,β-unsaturated/α-hetero) is 1. The lowest BCUT2D eigenvalue weighted by atomic mass is 10.1. The van der Waals surface area contributed by atoms with E-state index in [-0.39, 0.29) is 17.5 Å². The van der Waals surface area contributed by atoms with E-state index in [4.69, 9.17) is 4.74 Å². The second-order valence-electron chi connectivity index (χ2n) is 4.90. The van der Waals surface area contributed by atoms with Gasteiger partial charge in [0.25, 0.3) is 0 Å². The van der Waals surface area contributed by atoms with Crippen molar-refractivity contribution in [1.29, 1.82) is 0 Å². The molecule has 88 valence electrons. The largest absolute Gasteiger partial charge is 0.381 e. The molecule has 0 aromatic heterocycles. The molecule has 1 saturated heterocycles. The summed E-state index contributed by atoms with van der Waals surface area (Å²) in [5.41, 5.74) is 0. The Bertz CT molecular complexity index is 331. The van der Waals surface area contributed by atoms with Crippen LogP contribution in [0.4, 0.5) is 0 Å². The summed E-state index contributed by atoms with van der Waals surface area (Å²) >= 11 is 0. The maximum Gasteiger partial charge on any atom is 0.162 e. The van der Waals surface area contributed by atoms with Gasteiger partial charge in [-0.25, -0.2) is 8.42 Å².